The first kappa shape index (κ1) is 18.6. The lowest BCUT2D eigenvalue weighted by Gasteiger charge is -2.22. The minimum absolute atomic E-state index is 0. The Morgan fingerprint density at radius 3 is 1.46 bits per heavy atom. The highest BCUT2D eigenvalue weighted by atomic mass is 127. The van der Waals surface area contributed by atoms with E-state index in [9.17, 15) is 0 Å². The van der Waals surface area contributed by atoms with Crippen molar-refractivity contribution in [2.75, 3.05) is 21.1 Å². The molecule has 0 spiro atoms. The number of nitrogens with zero attached hydrogens (tertiary/aromatic N) is 1. The van der Waals surface area contributed by atoms with Gasteiger partial charge in [-0.25, -0.2) is 0 Å². The molecule has 0 radical (unpaired) electrons. The molecule has 0 aliphatic rings. The van der Waals surface area contributed by atoms with E-state index in [1.807, 2.05) is 6.07 Å². The number of hydrogen-bond acceptors (Lipinski definition) is 0. The Balaban J connectivity index is -0.000000333. The summed E-state index contributed by atoms with van der Waals surface area (Å²) in [5.74, 6) is 0. The van der Waals surface area contributed by atoms with Gasteiger partial charge in [-0.05, 0) is 12.1 Å². The van der Waals surface area contributed by atoms with Crippen molar-refractivity contribution < 1.29 is 34.9 Å². The van der Waals surface area contributed by atoms with Crippen LogP contribution in [0.5, 0.6) is 0 Å². The molecule has 13 heavy (non-hydrogen) atoms. The summed E-state index contributed by atoms with van der Waals surface area (Å²) >= 11 is 0. The van der Waals surface area contributed by atoms with Gasteiger partial charge in [-0.2, -0.15) is 0 Å². The van der Waals surface area contributed by atoms with E-state index >= 15 is 0 Å². The highest BCUT2D eigenvalue weighted by Gasteiger charge is 2.08. The molecule has 0 aliphatic heterocycles. The van der Waals surface area contributed by atoms with E-state index in [0.29, 0.717) is 0 Å². The van der Waals surface area contributed by atoms with E-state index in [0.717, 1.165) is 4.48 Å². The summed E-state index contributed by atoms with van der Waals surface area (Å²) < 4.78 is 0.890. The van der Waals surface area contributed by atoms with Gasteiger partial charge in [0, 0.05) is 0 Å². The van der Waals surface area contributed by atoms with Crippen LogP contribution in [-0.2, 0) is 0 Å². The number of hydrogen-bond donors (Lipinski definition) is 0. The fourth-order valence-electron chi connectivity index (χ4n) is 0.875. The van der Waals surface area contributed by atoms with Crippen LogP contribution in [0.15, 0.2) is 30.3 Å². The van der Waals surface area contributed by atoms with Gasteiger partial charge in [0.2, 0.25) is 0 Å². The lowest BCUT2D eigenvalue weighted by molar-refractivity contribution is -0.00000476. The van der Waals surface area contributed by atoms with Gasteiger partial charge >= 0.3 is 0 Å². The SMILES string of the molecule is C[N+](C)(C)c1ccccc1.O.O.[I-]. The predicted molar refractivity (Wildman–Crippen MR) is 53.2 cm³/mol. The van der Waals surface area contributed by atoms with Crippen LogP contribution in [0.25, 0.3) is 0 Å². The minimum Gasteiger partial charge on any atom is -1.00 e. The van der Waals surface area contributed by atoms with Crippen molar-refractivity contribution in [2.45, 2.75) is 0 Å². The van der Waals surface area contributed by atoms with E-state index in [-0.39, 0.29) is 34.9 Å². The fourth-order valence-corrected chi connectivity index (χ4v) is 0.875. The molecule has 0 unspecified atom stereocenters. The van der Waals surface area contributed by atoms with Gasteiger partial charge in [0.1, 0.15) is 5.69 Å². The average Bonchev–Trinajstić information content (AvgIpc) is 1.88. The number of para-hydroxylation sites is 1. The first-order chi connectivity index (χ1) is 4.61. The summed E-state index contributed by atoms with van der Waals surface area (Å²) in [6.45, 7) is 0. The molecule has 0 fully saturated rings. The second kappa shape index (κ2) is 7.25. The van der Waals surface area contributed by atoms with Crippen LogP contribution < -0.4 is 28.5 Å². The van der Waals surface area contributed by atoms with Crippen LogP contribution >= 0.6 is 0 Å². The van der Waals surface area contributed by atoms with E-state index in [1.54, 1.807) is 0 Å². The first-order valence-corrected chi connectivity index (χ1v) is 3.48. The number of rotatable bonds is 1. The van der Waals surface area contributed by atoms with Crippen molar-refractivity contribution in [3.8, 4) is 0 Å². The predicted octanol–water partition coefficient (Wildman–Crippen LogP) is -2.76. The summed E-state index contributed by atoms with van der Waals surface area (Å²) in [5, 5.41) is 0. The molecule has 1 rings (SSSR count). The Morgan fingerprint density at radius 1 is 0.846 bits per heavy atom. The first-order valence-electron chi connectivity index (χ1n) is 3.48. The topological polar surface area (TPSA) is 63.0 Å². The number of halogens is 1. The molecule has 0 heterocycles. The molecule has 4 N–H and O–H groups in total. The zero-order valence-corrected chi connectivity index (χ0v) is 10.4. The van der Waals surface area contributed by atoms with Crippen LogP contribution in [0.2, 0.25) is 0 Å². The second-order valence-corrected chi connectivity index (χ2v) is 3.35. The molecule has 3 nitrogen and oxygen atoms in total. The zero-order valence-electron chi connectivity index (χ0n) is 8.21. The quantitative estimate of drug-likeness (QED) is 0.398. The lowest BCUT2D eigenvalue weighted by Crippen LogP contribution is -3.00. The maximum absolute atomic E-state index is 2.16. The normalized spacial score (nSPS) is 8.85. The summed E-state index contributed by atoms with van der Waals surface area (Å²) in [4.78, 5) is 0. The molecule has 0 aliphatic carbocycles. The van der Waals surface area contributed by atoms with Crippen molar-refractivity contribution in [3.05, 3.63) is 30.3 Å². The Morgan fingerprint density at radius 2 is 1.23 bits per heavy atom. The maximum atomic E-state index is 2.16. The van der Waals surface area contributed by atoms with Crippen molar-refractivity contribution in [1.82, 2.24) is 4.48 Å². The highest BCUT2D eigenvalue weighted by molar-refractivity contribution is 5.40. The molecular weight excluding hydrogens is 281 g/mol. The van der Waals surface area contributed by atoms with Crippen LogP contribution in [0.1, 0.15) is 0 Å². The monoisotopic (exact) mass is 299 g/mol. The van der Waals surface area contributed by atoms with Gasteiger partial charge in [-0.1, -0.05) is 18.2 Å². The lowest BCUT2D eigenvalue weighted by atomic mass is 10.3. The summed E-state index contributed by atoms with van der Waals surface area (Å²) in [7, 11) is 6.49. The second-order valence-electron chi connectivity index (χ2n) is 3.35. The Hall–Kier alpha value is -0.170. The number of quaternary nitrogens is 1. The molecule has 1 aromatic rings. The Labute approximate surface area is 96.6 Å². The maximum Gasteiger partial charge on any atom is 0.132 e. The van der Waals surface area contributed by atoms with Gasteiger partial charge in [0.05, 0.1) is 21.1 Å². The van der Waals surface area contributed by atoms with Gasteiger partial charge in [0.15, 0.2) is 0 Å². The molecule has 0 saturated heterocycles. The summed E-state index contributed by atoms with van der Waals surface area (Å²) in [6, 6.07) is 10.5. The zero-order chi connectivity index (χ0) is 7.61. The molecule has 1 aromatic carbocycles. The van der Waals surface area contributed by atoms with E-state index in [4.69, 9.17) is 0 Å². The highest BCUT2D eigenvalue weighted by Crippen LogP contribution is 2.14. The van der Waals surface area contributed by atoms with Crippen LogP contribution in [0, 0.1) is 0 Å². The molecule has 0 atom stereocenters. The van der Waals surface area contributed by atoms with Gasteiger partial charge in [0.25, 0.3) is 0 Å². The minimum atomic E-state index is 0. The third-order valence-corrected chi connectivity index (χ3v) is 1.53. The molecule has 0 saturated carbocycles. The third-order valence-electron chi connectivity index (χ3n) is 1.53. The molecule has 0 amide bonds. The van der Waals surface area contributed by atoms with Crippen molar-refractivity contribution in [1.29, 1.82) is 0 Å². The van der Waals surface area contributed by atoms with E-state index in [2.05, 4.69) is 45.4 Å². The summed E-state index contributed by atoms with van der Waals surface area (Å²) in [6.07, 6.45) is 0. The van der Waals surface area contributed by atoms with E-state index < -0.39 is 0 Å². The van der Waals surface area contributed by atoms with Crippen LogP contribution in [-0.4, -0.2) is 32.1 Å². The Bertz CT molecular complexity index is 209. The average molecular weight is 299 g/mol. The Kier molecular flexibility index (Phi) is 10.4. The molecule has 0 aromatic heterocycles. The van der Waals surface area contributed by atoms with Crippen molar-refractivity contribution in [3.63, 3.8) is 0 Å². The van der Waals surface area contributed by atoms with E-state index in [1.165, 1.54) is 5.69 Å². The number of benzene rings is 1. The summed E-state index contributed by atoms with van der Waals surface area (Å²) in [5.41, 5.74) is 1.34. The van der Waals surface area contributed by atoms with Crippen LogP contribution in [0.3, 0.4) is 0 Å². The van der Waals surface area contributed by atoms with Gasteiger partial charge < -0.3 is 34.9 Å². The largest absolute Gasteiger partial charge is 1.00 e. The van der Waals surface area contributed by atoms with Crippen LogP contribution in [0.4, 0.5) is 5.69 Å². The van der Waals surface area contributed by atoms with Gasteiger partial charge in [-0.15, -0.1) is 0 Å². The van der Waals surface area contributed by atoms with Crippen molar-refractivity contribution in [2.24, 2.45) is 0 Å². The third kappa shape index (κ3) is 5.98. The molecular formula is C9H18INO2. The smallest absolute Gasteiger partial charge is 0.132 e. The van der Waals surface area contributed by atoms with Crippen molar-refractivity contribution >= 4 is 5.69 Å². The molecule has 0 bridgehead atoms. The molecule has 78 valence electrons. The fraction of sp³-hybridized carbons (Fsp3) is 0.333. The van der Waals surface area contributed by atoms with Gasteiger partial charge in [-0.3, -0.25) is 4.48 Å². The standard InChI is InChI=1S/C9H14N.HI.2H2O/c1-10(2,3)9-7-5-4-6-8-9;;;/h4-8H,1-3H3;1H;2*1H2/q+1;;;/p-1. The molecule has 4 heteroatoms.